The summed E-state index contributed by atoms with van der Waals surface area (Å²) >= 11 is 0. The molecule has 1 aromatic heterocycles. The highest BCUT2D eigenvalue weighted by molar-refractivity contribution is 5.99. The lowest BCUT2D eigenvalue weighted by atomic mass is 10.2. The van der Waals surface area contributed by atoms with E-state index in [9.17, 15) is 4.79 Å². The molecule has 2 aromatic rings. The van der Waals surface area contributed by atoms with Gasteiger partial charge in [0.1, 0.15) is 5.82 Å². The van der Waals surface area contributed by atoms with Crippen LogP contribution >= 0.6 is 0 Å². The number of pyridine rings is 1. The number of nitrogens with one attached hydrogen (secondary N) is 3. The van der Waals surface area contributed by atoms with Gasteiger partial charge in [-0.05, 0) is 30.2 Å². The van der Waals surface area contributed by atoms with Crippen LogP contribution in [0.2, 0.25) is 0 Å². The first-order chi connectivity index (χ1) is 10.1. The molecule has 0 fully saturated rings. The summed E-state index contributed by atoms with van der Waals surface area (Å²) < 4.78 is 0. The largest absolute Gasteiger partial charge is 0.370 e. The van der Waals surface area contributed by atoms with E-state index in [1.54, 1.807) is 6.20 Å². The molecule has 2 rings (SSSR count). The molecule has 0 unspecified atom stereocenters. The number of para-hydroxylation sites is 1. The minimum Gasteiger partial charge on any atom is -0.370 e. The smallest absolute Gasteiger partial charge is 0.323 e. The quantitative estimate of drug-likeness (QED) is 0.782. The summed E-state index contributed by atoms with van der Waals surface area (Å²) in [5, 5.41) is 8.72. The molecule has 2 amide bonds. The number of nitrogens with zero attached hydrogens (tertiary/aromatic N) is 1. The van der Waals surface area contributed by atoms with Crippen LogP contribution in [0.5, 0.6) is 0 Å². The van der Waals surface area contributed by atoms with Crippen molar-refractivity contribution in [3.63, 3.8) is 0 Å². The SMILES string of the molecule is CC(C)CNc1ccc(NC(=O)Nc2ccccc2)cn1. The first-order valence-electron chi connectivity index (χ1n) is 6.96. The van der Waals surface area contributed by atoms with Gasteiger partial charge in [0, 0.05) is 12.2 Å². The van der Waals surface area contributed by atoms with Gasteiger partial charge in [0.2, 0.25) is 0 Å². The summed E-state index contributed by atoms with van der Waals surface area (Å²) in [7, 11) is 0. The van der Waals surface area contributed by atoms with E-state index in [0.717, 1.165) is 18.1 Å². The zero-order chi connectivity index (χ0) is 15.1. The molecule has 0 saturated heterocycles. The molecule has 0 aliphatic heterocycles. The van der Waals surface area contributed by atoms with Gasteiger partial charge in [0.05, 0.1) is 11.9 Å². The van der Waals surface area contributed by atoms with Crippen molar-refractivity contribution in [2.45, 2.75) is 13.8 Å². The van der Waals surface area contributed by atoms with Crippen LogP contribution in [0.15, 0.2) is 48.7 Å². The Bertz CT molecular complexity index is 567. The number of carbonyl (C=O) groups excluding carboxylic acids is 1. The number of anilines is 3. The Morgan fingerprint density at radius 2 is 1.76 bits per heavy atom. The first-order valence-corrected chi connectivity index (χ1v) is 6.96. The van der Waals surface area contributed by atoms with Crippen molar-refractivity contribution >= 4 is 23.2 Å². The highest BCUT2D eigenvalue weighted by Crippen LogP contribution is 2.11. The molecule has 0 saturated carbocycles. The molecule has 1 heterocycles. The lowest BCUT2D eigenvalue weighted by molar-refractivity contribution is 0.262. The van der Waals surface area contributed by atoms with Crippen LogP contribution in [-0.4, -0.2) is 17.6 Å². The standard InChI is InChI=1S/C16H20N4O/c1-12(2)10-17-15-9-8-14(11-18-15)20-16(21)19-13-6-4-3-5-7-13/h3-9,11-12H,10H2,1-2H3,(H,17,18)(H2,19,20,21). The normalized spacial score (nSPS) is 10.2. The second-order valence-corrected chi connectivity index (χ2v) is 5.15. The molecular formula is C16H20N4O. The Labute approximate surface area is 124 Å². The monoisotopic (exact) mass is 284 g/mol. The van der Waals surface area contributed by atoms with E-state index in [-0.39, 0.29) is 6.03 Å². The number of rotatable bonds is 5. The molecule has 21 heavy (non-hydrogen) atoms. The molecule has 110 valence electrons. The Balaban J connectivity index is 1.86. The number of amides is 2. The third kappa shape index (κ3) is 5.14. The molecule has 1 aromatic carbocycles. The molecule has 5 heteroatoms. The Hall–Kier alpha value is -2.56. The fraction of sp³-hybridized carbons (Fsp3) is 0.250. The van der Waals surface area contributed by atoms with Gasteiger partial charge < -0.3 is 16.0 Å². The lowest BCUT2D eigenvalue weighted by Crippen LogP contribution is -2.19. The Morgan fingerprint density at radius 3 is 2.38 bits per heavy atom. The van der Waals surface area contributed by atoms with E-state index in [4.69, 9.17) is 0 Å². The van der Waals surface area contributed by atoms with Gasteiger partial charge in [-0.1, -0.05) is 32.0 Å². The van der Waals surface area contributed by atoms with Crippen molar-refractivity contribution in [2.75, 3.05) is 22.5 Å². The van der Waals surface area contributed by atoms with Crippen LogP contribution in [0.3, 0.4) is 0 Å². The van der Waals surface area contributed by atoms with E-state index in [0.29, 0.717) is 11.6 Å². The van der Waals surface area contributed by atoms with E-state index >= 15 is 0 Å². The van der Waals surface area contributed by atoms with Gasteiger partial charge in [0.15, 0.2) is 0 Å². The van der Waals surface area contributed by atoms with Crippen molar-refractivity contribution in [1.29, 1.82) is 0 Å². The van der Waals surface area contributed by atoms with Crippen LogP contribution in [0.1, 0.15) is 13.8 Å². The fourth-order valence-corrected chi connectivity index (χ4v) is 1.70. The van der Waals surface area contributed by atoms with Gasteiger partial charge >= 0.3 is 6.03 Å². The second kappa shape index (κ2) is 7.28. The first kappa shape index (κ1) is 14.8. The van der Waals surface area contributed by atoms with Crippen molar-refractivity contribution in [2.24, 2.45) is 5.92 Å². The molecule has 0 aliphatic rings. The zero-order valence-corrected chi connectivity index (χ0v) is 12.3. The summed E-state index contributed by atoms with van der Waals surface area (Å²) in [5.41, 5.74) is 1.40. The Morgan fingerprint density at radius 1 is 1.05 bits per heavy atom. The summed E-state index contributed by atoms with van der Waals surface area (Å²) in [5.74, 6) is 1.36. The predicted octanol–water partition coefficient (Wildman–Crippen LogP) is 3.79. The summed E-state index contributed by atoms with van der Waals surface area (Å²) in [6.45, 7) is 5.14. The van der Waals surface area contributed by atoms with Gasteiger partial charge in [0.25, 0.3) is 0 Å². The maximum atomic E-state index is 11.8. The summed E-state index contributed by atoms with van der Waals surface area (Å²) in [6, 6.07) is 12.7. The molecule has 3 N–H and O–H groups in total. The Kier molecular flexibility index (Phi) is 5.15. The third-order valence-electron chi connectivity index (χ3n) is 2.74. The minimum absolute atomic E-state index is 0.286. The average molecular weight is 284 g/mol. The van der Waals surface area contributed by atoms with Crippen LogP contribution in [0.4, 0.5) is 22.0 Å². The van der Waals surface area contributed by atoms with E-state index in [1.807, 2.05) is 42.5 Å². The highest BCUT2D eigenvalue weighted by atomic mass is 16.2. The third-order valence-corrected chi connectivity index (χ3v) is 2.74. The molecule has 5 nitrogen and oxygen atoms in total. The molecule has 0 radical (unpaired) electrons. The lowest BCUT2D eigenvalue weighted by Gasteiger charge is -2.10. The van der Waals surface area contributed by atoms with Crippen LogP contribution < -0.4 is 16.0 Å². The zero-order valence-electron chi connectivity index (χ0n) is 12.3. The molecular weight excluding hydrogens is 264 g/mol. The van der Waals surface area contributed by atoms with Gasteiger partial charge in [-0.25, -0.2) is 9.78 Å². The summed E-state index contributed by atoms with van der Waals surface area (Å²) in [6.07, 6.45) is 1.63. The topological polar surface area (TPSA) is 66.0 Å². The van der Waals surface area contributed by atoms with Gasteiger partial charge in [-0.3, -0.25) is 0 Å². The van der Waals surface area contributed by atoms with Gasteiger partial charge in [-0.15, -0.1) is 0 Å². The molecule has 0 aliphatic carbocycles. The average Bonchev–Trinajstić information content (AvgIpc) is 2.47. The number of hydrogen-bond donors (Lipinski definition) is 3. The second-order valence-electron chi connectivity index (χ2n) is 5.15. The molecule has 0 spiro atoms. The van der Waals surface area contributed by atoms with E-state index < -0.39 is 0 Å². The van der Waals surface area contributed by atoms with Gasteiger partial charge in [-0.2, -0.15) is 0 Å². The van der Waals surface area contributed by atoms with Crippen LogP contribution in [0, 0.1) is 5.92 Å². The van der Waals surface area contributed by atoms with E-state index in [1.165, 1.54) is 0 Å². The van der Waals surface area contributed by atoms with Crippen molar-refractivity contribution < 1.29 is 4.79 Å². The molecule has 0 bridgehead atoms. The van der Waals surface area contributed by atoms with Crippen molar-refractivity contribution in [1.82, 2.24) is 4.98 Å². The van der Waals surface area contributed by atoms with Crippen molar-refractivity contribution in [3.05, 3.63) is 48.7 Å². The number of benzene rings is 1. The summed E-state index contributed by atoms with van der Waals surface area (Å²) in [4.78, 5) is 16.1. The highest BCUT2D eigenvalue weighted by Gasteiger charge is 2.03. The van der Waals surface area contributed by atoms with Crippen molar-refractivity contribution in [3.8, 4) is 0 Å². The van der Waals surface area contributed by atoms with Crippen LogP contribution in [-0.2, 0) is 0 Å². The maximum Gasteiger partial charge on any atom is 0.323 e. The minimum atomic E-state index is -0.286. The fourth-order valence-electron chi connectivity index (χ4n) is 1.70. The number of aromatic nitrogens is 1. The number of hydrogen-bond acceptors (Lipinski definition) is 3. The molecule has 0 atom stereocenters. The van der Waals surface area contributed by atoms with Crippen LogP contribution in [0.25, 0.3) is 0 Å². The predicted molar refractivity (Wildman–Crippen MR) is 86.6 cm³/mol. The van der Waals surface area contributed by atoms with E-state index in [2.05, 4.69) is 34.8 Å². The number of urea groups is 1. The number of carbonyl (C=O) groups is 1. The maximum absolute atomic E-state index is 11.8.